The highest BCUT2D eigenvalue weighted by Gasteiger charge is 2.29. The Bertz CT molecular complexity index is 102. The van der Waals surface area contributed by atoms with E-state index >= 15 is 0 Å². The average molecular weight is 162 g/mol. The molecule has 10 heavy (non-hydrogen) atoms. The van der Waals surface area contributed by atoms with Crippen molar-refractivity contribution in [3.05, 3.63) is 0 Å². The zero-order valence-corrected chi connectivity index (χ0v) is 7.72. The Labute approximate surface area is 64.8 Å². The third kappa shape index (κ3) is 2.20. The van der Waals surface area contributed by atoms with Crippen molar-refractivity contribution < 1.29 is 4.39 Å². The summed E-state index contributed by atoms with van der Waals surface area (Å²) in [5, 5.41) is -0.925. The van der Waals surface area contributed by atoms with Crippen LogP contribution >= 0.6 is 9.24 Å². The van der Waals surface area contributed by atoms with Crippen LogP contribution in [0.2, 0.25) is 0 Å². The molecule has 0 bridgehead atoms. The molecule has 2 heteroatoms. The van der Waals surface area contributed by atoms with Crippen LogP contribution in [0.15, 0.2) is 0 Å². The van der Waals surface area contributed by atoms with E-state index in [0.717, 1.165) is 31.6 Å². The van der Waals surface area contributed by atoms with Gasteiger partial charge in [0.25, 0.3) is 0 Å². The van der Waals surface area contributed by atoms with Crippen molar-refractivity contribution in [1.29, 1.82) is 0 Å². The molecule has 0 aromatic rings. The maximum atomic E-state index is 13.1. The summed E-state index contributed by atoms with van der Waals surface area (Å²) in [5.41, 5.74) is 0. The number of hydrogen-bond donors (Lipinski definition) is 0. The standard InChI is InChI=1S/C8H16FP/c1-2-7-3-5-8(9,10)6-4-7/h7H,2-6,10H2,1H3. The third-order valence-corrected chi connectivity index (χ3v) is 3.09. The lowest BCUT2D eigenvalue weighted by Gasteiger charge is -2.30. The van der Waals surface area contributed by atoms with Crippen molar-refractivity contribution in [1.82, 2.24) is 0 Å². The second-order valence-electron chi connectivity index (χ2n) is 3.39. The summed E-state index contributed by atoms with van der Waals surface area (Å²) in [6, 6.07) is 0. The first-order valence-electron chi connectivity index (χ1n) is 4.12. The van der Waals surface area contributed by atoms with Gasteiger partial charge >= 0.3 is 0 Å². The van der Waals surface area contributed by atoms with E-state index in [0.29, 0.717) is 0 Å². The molecule has 1 aliphatic carbocycles. The minimum absolute atomic E-state index is 0.746. The highest BCUT2D eigenvalue weighted by molar-refractivity contribution is 7.18. The number of alkyl halides is 1. The molecule has 1 saturated carbocycles. The maximum absolute atomic E-state index is 13.1. The first kappa shape index (κ1) is 8.46. The molecule has 1 unspecified atom stereocenters. The molecule has 0 saturated heterocycles. The minimum Gasteiger partial charge on any atom is -0.240 e. The van der Waals surface area contributed by atoms with Gasteiger partial charge in [-0.15, -0.1) is 0 Å². The molecule has 0 aromatic carbocycles. The van der Waals surface area contributed by atoms with E-state index in [-0.39, 0.29) is 0 Å². The SMILES string of the molecule is CCC1CCC(F)(P)CC1. The van der Waals surface area contributed by atoms with Crippen molar-refractivity contribution >= 4 is 9.24 Å². The van der Waals surface area contributed by atoms with Crippen molar-refractivity contribution in [2.75, 3.05) is 0 Å². The van der Waals surface area contributed by atoms with Crippen LogP contribution in [0.5, 0.6) is 0 Å². The van der Waals surface area contributed by atoms with Crippen LogP contribution in [0.1, 0.15) is 39.0 Å². The Balaban J connectivity index is 2.31. The lowest BCUT2D eigenvalue weighted by atomic mass is 9.86. The molecule has 0 aliphatic heterocycles. The normalized spacial score (nSPS) is 41.7. The average Bonchev–Trinajstić information content (AvgIpc) is 1.88. The van der Waals surface area contributed by atoms with Gasteiger partial charge in [-0.05, 0) is 31.6 Å². The molecule has 60 valence electrons. The Morgan fingerprint density at radius 3 is 2.40 bits per heavy atom. The molecule has 1 fully saturated rings. The summed E-state index contributed by atoms with van der Waals surface area (Å²) in [6.45, 7) is 2.19. The highest BCUT2D eigenvalue weighted by atomic mass is 31.0. The van der Waals surface area contributed by atoms with Crippen molar-refractivity contribution in [2.45, 2.75) is 44.4 Å². The Kier molecular flexibility index (Phi) is 2.68. The molecule has 1 atom stereocenters. The molecule has 0 heterocycles. The van der Waals surface area contributed by atoms with Gasteiger partial charge in [0.15, 0.2) is 0 Å². The second kappa shape index (κ2) is 3.17. The summed E-state index contributed by atoms with van der Waals surface area (Å²) < 4.78 is 13.1. The van der Waals surface area contributed by atoms with E-state index < -0.39 is 5.41 Å². The number of rotatable bonds is 1. The van der Waals surface area contributed by atoms with Crippen molar-refractivity contribution in [3.63, 3.8) is 0 Å². The summed E-state index contributed by atoms with van der Waals surface area (Å²) in [7, 11) is 2.33. The first-order chi connectivity index (χ1) is 4.64. The van der Waals surface area contributed by atoms with Gasteiger partial charge in [-0.1, -0.05) is 22.6 Å². The summed E-state index contributed by atoms with van der Waals surface area (Å²) in [6.07, 6.45) is 4.88. The quantitative estimate of drug-likeness (QED) is 0.519. The van der Waals surface area contributed by atoms with Crippen molar-refractivity contribution in [2.24, 2.45) is 5.92 Å². The molecule has 1 aliphatic rings. The fourth-order valence-electron chi connectivity index (χ4n) is 1.57. The number of hydrogen-bond acceptors (Lipinski definition) is 0. The van der Waals surface area contributed by atoms with Crippen LogP contribution in [0.4, 0.5) is 4.39 Å². The van der Waals surface area contributed by atoms with Crippen LogP contribution in [0, 0.1) is 5.92 Å². The molecule has 0 aromatic heterocycles. The van der Waals surface area contributed by atoms with E-state index in [4.69, 9.17) is 0 Å². The lowest BCUT2D eigenvalue weighted by molar-refractivity contribution is 0.172. The van der Waals surface area contributed by atoms with Gasteiger partial charge in [0.1, 0.15) is 5.41 Å². The van der Waals surface area contributed by atoms with Crippen molar-refractivity contribution in [3.8, 4) is 0 Å². The van der Waals surface area contributed by atoms with Crippen LogP contribution in [-0.4, -0.2) is 5.41 Å². The summed E-state index contributed by atoms with van der Waals surface area (Å²) in [4.78, 5) is 0. The van der Waals surface area contributed by atoms with Gasteiger partial charge in [0.05, 0.1) is 0 Å². The zero-order valence-electron chi connectivity index (χ0n) is 6.57. The molecule has 0 radical (unpaired) electrons. The predicted octanol–water partition coefficient (Wildman–Crippen LogP) is 3.13. The highest BCUT2D eigenvalue weighted by Crippen LogP contribution is 2.40. The summed E-state index contributed by atoms with van der Waals surface area (Å²) in [5.74, 6) is 0.796. The Morgan fingerprint density at radius 2 is 2.00 bits per heavy atom. The molecular formula is C8H16FP. The van der Waals surface area contributed by atoms with Crippen LogP contribution in [0.25, 0.3) is 0 Å². The van der Waals surface area contributed by atoms with Gasteiger partial charge in [-0.2, -0.15) is 0 Å². The Morgan fingerprint density at radius 1 is 1.50 bits per heavy atom. The van der Waals surface area contributed by atoms with Crippen LogP contribution in [0.3, 0.4) is 0 Å². The maximum Gasteiger partial charge on any atom is 0.123 e. The lowest BCUT2D eigenvalue weighted by Crippen LogP contribution is -2.22. The monoisotopic (exact) mass is 162 g/mol. The molecule has 0 nitrogen and oxygen atoms in total. The van der Waals surface area contributed by atoms with Gasteiger partial charge in [0, 0.05) is 0 Å². The minimum atomic E-state index is -0.925. The molecule has 1 rings (SSSR count). The molecule has 0 spiro atoms. The van der Waals surface area contributed by atoms with E-state index in [1.807, 2.05) is 0 Å². The van der Waals surface area contributed by atoms with Gasteiger partial charge in [-0.3, -0.25) is 0 Å². The first-order valence-corrected chi connectivity index (χ1v) is 4.69. The van der Waals surface area contributed by atoms with Crippen LogP contribution < -0.4 is 0 Å². The fourth-order valence-corrected chi connectivity index (χ4v) is 1.90. The summed E-state index contributed by atoms with van der Waals surface area (Å²) >= 11 is 0. The van der Waals surface area contributed by atoms with Gasteiger partial charge in [-0.25, -0.2) is 4.39 Å². The fraction of sp³-hybridized carbons (Fsp3) is 1.00. The zero-order chi connectivity index (χ0) is 7.61. The Hall–Kier alpha value is 0.360. The number of halogens is 1. The van der Waals surface area contributed by atoms with Gasteiger partial charge in [0.2, 0.25) is 0 Å². The van der Waals surface area contributed by atoms with E-state index in [1.165, 1.54) is 6.42 Å². The van der Waals surface area contributed by atoms with E-state index in [2.05, 4.69) is 16.2 Å². The van der Waals surface area contributed by atoms with Crippen LogP contribution in [-0.2, 0) is 0 Å². The molecular weight excluding hydrogens is 146 g/mol. The van der Waals surface area contributed by atoms with E-state index in [9.17, 15) is 4.39 Å². The topological polar surface area (TPSA) is 0 Å². The van der Waals surface area contributed by atoms with Gasteiger partial charge < -0.3 is 0 Å². The smallest absolute Gasteiger partial charge is 0.123 e. The van der Waals surface area contributed by atoms with E-state index in [1.54, 1.807) is 0 Å². The third-order valence-electron chi connectivity index (χ3n) is 2.51. The largest absolute Gasteiger partial charge is 0.240 e. The second-order valence-corrected chi connectivity index (χ2v) is 4.42. The predicted molar refractivity (Wildman–Crippen MR) is 45.8 cm³/mol. The molecule has 0 amide bonds. The molecule has 0 N–H and O–H groups in total.